The third-order valence-electron chi connectivity index (χ3n) is 9.54. The van der Waals surface area contributed by atoms with E-state index in [2.05, 4.69) is 27.7 Å². The summed E-state index contributed by atoms with van der Waals surface area (Å²) in [6.07, 6.45) is 6.83. The first-order chi connectivity index (χ1) is 17.4. The molecule has 3 fully saturated rings. The second kappa shape index (κ2) is 8.37. The molecule has 2 aromatic carbocycles. The van der Waals surface area contributed by atoms with Gasteiger partial charge in [0.15, 0.2) is 11.5 Å². The van der Waals surface area contributed by atoms with Gasteiger partial charge in [-0.15, -0.1) is 0 Å². The van der Waals surface area contributed by atoms with Gasteiger partial charge >= 0.3 is 0 Å². The van der Waals surface area contributed by atoms with Crippen LogP contribution in [0, 0.1) is 11.8 Å². The summed E-state index contributed by atoms with van der Waals surface area (Å²) in [6, 6.07) is 10.4. The number of nitrogens with one attached hydrogen (secondary N) is 2. The maximum absolute atomic E-state index is 12.1. The fraction of sp³-hybridized carbons (Fsp3) is 0.552. The number of hydrogen-bond donors (Lipinski definition) is 3. The maximum Gasteiger partial charge on any atom is 0.221 e. The lowest BCUT2D eigenvalue weighted by Crippen LogP contribution is -2.68. The van der Waals surface area contributed by atoms with Crippen LogP contribution in [0.3, 0.4) is 0 Å². The van der Waals surface area contributed by atoms with E-state index in [-0.39, 0.29) is 29.2 Å². The molecule has 5 atom stereocenters. The van der Waals surface area contributed by atoms with Gasteiger partial charge in [-0.1, -0.05) is 23.7 Å². The number of aromatic hydroxyl groups is 1. The van der Waals surface area contributed by atoms with Gasteiger partial charge in [-0.05, 0) is 80.2 Å². The minimum atomic E-state index is -0.129. The third-order valence-corrected chi connectivity index (χ3v) is 9.79. The first kappa shape index (κ1) is 22.9. The van der Waals surface area contributed by atoms with Gasteiger partial charge in [-0.3, -0.25) is 9.69 Å². The van der Waals surface area contributed by atoms with Crippen molar-refractivity contribution >= 4 is 23.2 Å². The lowest BCUT2D eigenvalue weighted by Gasteiger charge is -2.60. The van der Waals surface area contributed by atoms with E-state index in [0.717, 1.165) is 55.4 Å². The number of likely N-dealkylation sites (tertiary alicyclic amines) is 1. The minimum Gasteiger partial charge on any atom is -0.504 e. The fourth-order valence-electron chi connectivity index (χ4n) is 7.93. The third kappa shape index (κ3) is 3.48. The number of halogens is 1. The van der Waals surface area contributed by atoms with Crippen LogP contribution in [-0.2, 0) is 23.2 Å². The monoisotopic (exact) mass is 507 g/mol. The molecule has 6 nitrogen and oxygen atoms in total. The lowest BCUT2D eigenvalue weighted by atomic mass is 9.51. The van der Waals surface area contributed by atoms with E-state index < -0.39 is 0 Å². The van der Waals surface area contributed by atoms with Crippen LogP contribution in [0.4, 0.5) is 5.69 Å². The largest absolute Gasteiger partial charge is 0.504 e. The number of phenolic OH excluding ortho intramolecular Hbond substituents is 1. The smallest absolute Gasteiger partial charge is 0.221 e. The van der Waals surface area contributed by atoms with Crippen LogP contribution in [0.2, 0.25) is 5.02 Å². The van der Waals surface area contributed by atoms with Gasteiger partial charge in [0, 0.05) is 59.9 Å². The molecule has 0 unspecified atom stereocenters. The molecule has 2 aromatic rings. The number of benzene rings is 2. The van der Waals surface area contributed by atoms with E-state index in [0.29, 0.717) is 17.7 Å². The Morgan fingerprint density at radius 1 is 1.22 bits per heavy atom. The van der Waals surface area contributed by atoms with E-state index in [1.807, 2.05) is 12.1 Å². The van der Waals surface area contributed by atoms with E-state index in [1.165, 1.54) is 43.0 Å². The first-order valence-corrected chi connectivity index (χ1v) is 13.9. The number of rotatable bonds is 6. The van der Waals surface area contributed by atoms with Crippen LogP contribution >= 0.6 is 11.6 Å². The average molecular weight is 508 g/mol. The zero-order chi connectivity index (χ0) is 24.6. The molecule has 0 aromatic heterocycles. The number of piperidine rings is 1. The predicted octanol–water partition coefficient (Wildman–Crippen LogP) is 4.61. The molecule has 1 spiro atoms. The number of ether oxygens (including phenoxy) is 1. The molecule has 36 heavy (non-hydrogen) atoms. The number of anilines is 1. The molecule has 190 valence electrons. The van der Waals surface area contributed by atoms with Crippen LogP contribution in [0.1, 0.15) is 55.7 Å². The van der Waals surface area contributed by atoms with E-state index in [1.54, 1.807) is 6.07 Å². The highest BCUT2D eigenvalue weighted by Crippen LogP contribution is 2.65. The van der Waals surface area contributed by atoms with Crippen molar-refractivity contribution < 1.29 is 14.6 Å². The second-order valence-electron chi connectivity index (χ2n) is 11.6. The number of carbonyl (C=O) groups is 1. The summed E-state index contributed by atoms with van der Waals surface area (Å²) in [4.78, 5) is 14.8. The SMILES string of the molecule is CC(=O)Nc1cc(O)c2c3c1C[C@@H]1[C@@H]4CC[C@H](NCc5ccc(Cl)cc5)[C@H](O2)[C@]34CCN1CC1CC1. The van der Waals surface area contributed by atoms with Gasteiger partial charge in [-0.25, -0.2) is 0 Å². The van der Waals surface area contributed by atoms with E-state index in [4.69, 9.17) is 16.3 Å². The lowest BCUT2D eigenvalue weighted by molar-refractivity contribution is -0.114. The standard InChI is InChI=1S/C29H34ClN3O3/c1-16(34)32-23-13-25(35)27-26-20(23)12-24-21-8-9-22(31-14-17-4-6-19(30)7-5-17)28(36-27)29(21,26)10-11-33(24)15-18-2-3-18/h4-7,13,18,21-22,24,28,31,35H,2-3,8-12,14-15H2,1H3,(H,32,34)/t21-,22-,24+,28-,29-/m0/s1. The summed E-state index contributed by atoms with van der Waals surface area (Å²) >= 11 is 6.09. The van der Waals surface area contributed by atoms with Crippen molar-refractivity contribution in [2.75, 3.05) is 18.4 Å². The molecule has 2 bridgehead atoms. The molecule has 5 aliphatic rings. The molecule has 7 heteroatoms. The van der Waals surface area contributed by atoms with Crippen molar-refractivity contribution in [3.63, 3.8) is 0 Å². The van der Waals surface area contributed by atoms with Crippen LogP contribution in [0.25, 0.3) is 0 Å². The average Bonchev–Trinajstić information content (AvgIpc) is 3.60. The van der Waals surface area contributed by atoms with Gasteiger partial charge in [0.25, 0.3) is 0 Å². The Hall–Kier alpha value is -2.28. The van der Waals surface area contributed by atoms with Gasteiger partial charge in [0.2, 0.25) is 5.91 Å². The Bertz CT molecular complexity index is 1210. The first-order valence-electron chi connectivity index (χ1n) is 13.5. The number of hydrogen-bond acceptors (Lipinski definition) is 5. The molecule has 3 N–H and O–H groups in total. The number of amides is 1. The van der Waals surface area contributed by atoms with Crippen molar-refractivity contribution in [3.8, 4) is 11.5 Å². The quantitative estimate of drug-likeness (QED) is 0.532. The summed E-state index contributed by atoms with van der Waals surface area (Å²) < 4.78 is 6.75. The Morgan fingerprint density at radius 3 is 2.78 bits per heavy atom. The molecule has 2 aliphatic heterocycles. The van der Waals surface area contributed by atoms with Crippen LogP contribution in [-0.4, -0.2) is 47.2 Å². The van der Waals surface area contributed by atoms with E-state index >= 15 is 0 Å². The molecule has 0 radical (unpaired) electrons. The topological polar surface area (TPSA) is 73.8 Å². The zero-order valence-corrected chi connectivity index (χ0v) is 21.5. The molecular formula is C29H34ClN3O3. The van der Waals surface area contributed by atoms with Crippen molar-refractivity contribution in [3.05, 3.63) is 52.0 Å². The van der Waals surface area contributed by atoms with Crippen molar-refractivity contribution in [1.82, 2.24) is 10.2 Å². The highest BCUT2D eigenvalue weighted by atomic mass is 35.5. The Balaban J connectivity index is 1.28. The summed E-state index contributed by atoms with van der Waals surface area (Å²) in [5, 5.41) is 18.7. The van der Waals surface area contributed by atoms with Gasteiger partial charge in [0.1, 0.15) is 6.10 Å². The minimum absolute atomic E-state index is 0.0262. The van der Waals surface area contributed by atoms with Gasteiger partial charge < -0.3 is 20.5 Å². The van der Waals surface area contributed by atoms with Crippen molar-refractivity contribution in [2.45, 2.75) is 75.6 Å². The molecule has 1 amide bonds. The summed E-state index contributed by atoms with van der Waals surface area (Å²) in [5.41, 5.74) is 4.19. The van der Waals surface area contributed by atoms with Crippen molar-refractivity contribution in [2.24, 2.45) is 11.8 Å². The predicted molar refractivity (Wildman–Crippen MR) is 140 cm³/mol. The molecule has 3 aliphatic carbocycles. The van der Waals surface area contributed by atoms with Gasteiger partial charge in [0.05, 0.1) is 0 Å². The Kier molecular flexibility index (Phi) is 5.32. The zero-order valence-electron chi connectivity index (χ0n) is 20.7. The Labute approximate surface area is 217 Å². The highest BCUT2D eigenvalue weighted by Gasteiger charge is 2.66. The highest BCUT2D eigenvalue weighted by molar-refractivity contribution is 6.30. The molecular weight excluding hydrogens is 474 g/mol. The normalized spacial score (nSPS) is 32.1. The van der Waals surface area contributed by atoms with Crippen LogP contribution in [0.5, 0.6) is 11.5 Å². The fourth-order valence-corrected chi connectivity index (χ4v) is 8.06. The number of phenols is 1. The van der Waals surface area contributed by atoms with E-state index in [9.17, 15) is 9.90 Å². The number of carbonyl (C=O) groups excluding carboxylic acids is 1. The summed E-state index contributed by atoms with van der Waals surface area (Å²) in [6.45, 7) is 4.56. The second-order valence-corrected chi connectivity index (χ2v) is 12.1. The van der Waals surface area contributed by atoms with Crippen LogP contribution < -0.4 is 15.4 Å². The summed E-state index contributed by atoms with van der Waals surface area (Å²) in [7, 11) is 0. The molecule has 2 heterocycles. The van der Waals surface area contributed by atoms with Gasteiger partial charge in [-0.2, -0.15) is 0 Å². The molecule has 7 rings (SSSR count). The Morgan fingerprint density at radius 2 is 2.03 bits per heavy atom. The molecule has 1 saturated heterocycles. The van der Waals surface area contributed by atoms with Crippen LogP contribution in [0.15, 0.2) is 30.3 Å². The van der Waals surface area contributed by atoms with Crippen molar-refractivity contribution in [1.29, 1.82) is 0 Å². The number of nitrogens with zero attached hydrogens (tertiary/aromatic N) is 1. The molecule has 2 saturated carbocycles. The maximum atomic E-state index is 12.1. The summed E-state index contributed by atoms with van der Waals surface area (Å²) in [5.74, 6) is 2.05.